The van der Waals surface area contributed by atoms with Crippen molar-refractivity contribution in [2.45, 2.75) is 24.7 Å². The van der Waals surface area contributed by atoms with E-state index in [1.54, 1.807) is 12.1 Å². The van der Waals surface area contributed by atoms with Crippen molar-refractivity contribution < 1.29 is 27.1 Å². The van der Waals surface area contributed by atoms with Crippen LogP contribution in [0.2, 0.25) is 0 Å². The molecule has 0 unspecified atom stereocenters. The lowest BCUT2D eigenvalue weighted by molar-refractivity contribution is -0.137. The van der Waals surface area contributed by atoms with Gasteiger partial charge >= 0.3 is 12.1 Å². The number of ether oxygens (including phenoxy) is 1. The normalized spacial score (nSPS) is 21.3. The van der Waals surface area contributed by atoms with Gasteiger partial charge in [-0.15, -0.1) is 0 Å². The maximum absolute atomic E-state index is 14.2. The zero-order chi connectivity index (χ0) is 20.1. The minimum atomic E-state index is -4.38. The number of methoxy groups -OCH3 is 1. The van der Waals surface area contributed by atoms with E-state index in [1.807, 2.05) is 9.80 Å². The van der Waals surface area contributed by atoms with Crippen LogP contribution in [-0.2, 0) is 10.9 Å². The number of alkyl halides is 3. The van der Waals surface area contributed by atoms with Gasteiger partial charge in [-0.25, -0.2) is 9.18 Å². The second-order valence-corrected chi connectivity index (χ2v) is 7.05. The molecule has 0 spiro atoms. The Morgan fingerprint density at radius 2 is 1.68 bits per heavy atom. The summed E-state index contributed by atoms with van der Waals surface area (Å²) in [5.74, 6) is -1.38. The van der Waals surface area contributed by atoms with Gasteiger partial charge in [0.1, 0.15) is 5.82 Å². The molecule has 2 aromatic carbocycles. The summed E-state index contributed by atoms with van der Waals surface area (Å²) in [6.07, 6.45) is -3.59. The van der Waals surface area contributed by atoms with Crippen LogP contribution in [0.25, 0.3) is 0 Å². The first kappa shape index (κ1) is 18.6. The first-order valence-electron chi connectivity index (χ1n) is 8.86. The predicted molar refractivity (Wildman–Crippen MR) is 96.1 cm³/mol. The number of nitrogens with zero attached hydrogens (tertiary/aromatic N) is 2. The molecule has 0 aromatic heterocycles. The largest absolute Gasteiger partial charge is 0.465 e. The number of esters is 1. The second kappa shape index (κ2) is 6.68. The second-order valence-electron chi connectivity index (χ2n) is 7.05. The monoisotopic (exact) mass is 394 g/mol. The number of hydrogen-bond donors (Lipinski definition) is 0. The highest BCUT2D eigenvalue weighted by Crippen LogP contribution is 2.39. The molecule has 28 heavy (non-hydrogen) atoms. The van der Waals surface area contributed by atoms with Crippen molar-refractivity contribution in [3.63, 3.8) is 0 Å². The molecule has 2 atom stereocenters. The van der Waals surface area contributed by atoms with Crippen LogP contribution in [0.3, 0.4) is 0 Å². The van der Waals surface area contributed by atoms with Crippen molar-refractivity contribution in [1.82, 2.24) is 0 Å². The fourth-order valence-electron chi connectivity index (χ4n) is 4.12. The molecule has 8 heteroatoms. The van der Waals surface area contributed by atoms with Gasteiger partial charge in [-0.05, 0) is 42.8 Å². The molecule has 0 N–H and O–H groups in total. The number of piperazine rings is 1. The van der Waals surface area contributed by atoms with E-state index >= 15 is 0 Å². The predicted octanol–water partition coefficient (Wildman–Crippen LogP) is 4.10. The number of carbonyl (C=O) groups is 1. The van der Waals surface area contributed by atoms with Crippen LogP contribution in [0.5, 0.6) is 0 Å². The molecule has 148 valence electrons. The van der Waals surface area contributed by atoms with Gasteiger partial charge in [0.15, 0.2) is 0 Å². The van der Waals surface area contributed by atoms with Crippen molar-refractivity contribution >= 4 is 17.3 Å². The van der Waals surface area contributed by atoms with E-state index in [1.165, 1.54) is 31.4 Å². The van der Waals surface area contributed by atoms with Crippen LogP contribution in [0, 0.1) is 5.82 Å². The molecule has 2 saturated heterocycles. The smallest absolute Gasteiger partial charge is 0.416 e. The van der Waals surface area contributed by atoms with Crippen molar-refractivity contribution in [3.05, 3.63) is 59.4 Å². The van der Waals surface area contributed by atoms with E-state index in [0.29, 0.717) is 24.5 Å². The van der Waals surface area contributed by atoms with Gasteiger partial charge in [-0.1, -0.05) is 6.07 Å². The Hall–Kier alpha value is -2.77. The number of benzene rings is 2. The van der Waals surface area contributed by atoms with Crippen LogP contribution in [-0.4, -0.2) is 38.3 Å². The number of hydrogen-bond acceptors (Lipinski definition) is 4. The van der Waals surface area contributed by atoms with Crippen molar-refractivity contribution in [1.29, 1.82) is 0 Å². The summed E-state index contributed by atoms with van der Waals surface area (Å²) in [6.45, 7) is 1.14. The maximum atomic E-state index is 14.2. The Kier molecular flexibility index (Phi) is 4.44. The first-order chi connectivity index (χ1) is 13.3. The third-order valence-electron chi connectivity index (χ3n) is 5.44. The number of halogens is 4. The molecular formula is C20H18F4N2O2. The van der Waals surface area contributed by atoms with Crippen molar-refractivity contribution in [3.8, 4) is 0 Å². The van der Waals surface area contributed by atoms with Crippen LogP contribution in [0.15, 0.2) is 42.5 Å². The molecular weight excluding hydrogens is 376 g/mol. The Labute approximate surface area is 159 Å². The molecule has 4 nitrogen and oxygen atoms in total. The molecule has 4 rings (SSSR count). The molecule has 2 bridgehead atoms. The fourth-order valence-corrected chi connectivity index (χ4v) is 4.12. The average Bonchev–Trinajstić information content (AvgIpc) is 3.27. The lowest BCUT2D eigenvalue weighted by Gasteiger charge is -2.37. The molecule has 2 fully saturated rings. The third kappa shape index (κ3) is 3.16. The topological polar surface area (TPSA) is 32.8 Å². The van der Waals surface area contributed by atoms with E-state index in [4.69, 9.17) is 0 Å². The standard InChI is InChI=1S/C20H18F4N2O2/c1-28-19(27)17-6-5-14(9-18(17)21)26-11-15-8-16(26)10-25(15)13-4-2-3-12(7-13)20(22,23)24/h2-7,9,15-16H,8,10-11H2,1H3/t15-,16-/m1/s1. The highest BCUT2D eigenvalue weighted by Gasteiger charge is 2.44. The molecule has 2 aromatic rings. The van der Waals surface area contributed by atoms with Gasteiger partial charge in [0.2, 0.25) is 0 Å². The number of rotatable bonds is 3. The van der Waals surface area contributed by atoms with Crippen LogP contribution in [0.4, 0.5) is 28.9 Å². The Bertz CT molecular complexity index is 915. The summed E-state index contributed by atoms with van der Waals surface area (Å²) in [6, 6.07) is 9.85. The van der Waals surface area contributed by atoms with Crippen LogP contribution >= 0.6 is 0 Å². The molecule has 2 heterocycles. The minimum Gasteiger partial charge on any atom is -0.465 e. The Morgan fingerprint density at radius 3 is 2.21 bits per heavy atom. The minimum absolute atomic E-state index is 0.0526. The van der Waals surface area contributed by atoms with E-state index in [9.17, 15) is 22.4 Å². The highest BCUT2D eigenvalue weighted by atomic mass is 19.4. The van der Waals surface area contributed by atoms with E-state index in [2.05, 4.69) is 4.74 Å². The Balaban J connectivity index is 1.52. The van der Waals surface area contributed by atoms with E-state index in [0.717, 1.165) is 12.5 Å². The zero-order valence-electron chi connectivity index (χ0n) is 15.0. The third-order valence-corrected chi connectivity index (χ3v) is 5.44. The SMILES string of the molecule is COC(=O)c1ccc(N2C[C@H]3C[C@@H]2CN3c2cccc(C(F)(F)F)c2)cc1F. The fraction of sp³-hybridized carbons (Fsp3) is 0.350. The average molecular weight is 394 g/mol. The first-order valence-corrected chi connectivity index (χ1v) is 8.86. The van der Waals surface area contributed by atoms with Crippen molar-refractivity contribution in [2.75, 3.05) is 30.0 Å². The highest BCUT2D eigenvalue weighted by molar-refractivity contribution is 5.90. The van der Waals surface area contributed by atoms with Gasteiger partial charge in [-0.3, -0.25) is 0 Å². The van der Waals surface area contributed by atoms with E-state index < -0.39 is 23.5 Å². The van der Waals surface area contributed by atoms with Gasteiger partial charge in [-0.2, -0.15) is 13.2 Å². The van der Waals surface area contributed by atoms with Crippen LogP contribution in [0.1, 0.15) is 22.3 Å². The molecule has 0 amide bonds. The van der Waals surface area contributed by atoms with E-state index in [-0.39, 0.29) is 17.6 Å². The maximum Gasteiger partial charge on any atom is 0.416 e. The van der Waals surface area contributed by atoms with Gasteiger partial charge in [0.05, 0.1) is 18.2 Å². The van der Waals surface area contributed by atoms with Crippen molar-refractivity contribution in [2.24, 2.45) is 0 Å². The van der Waals surface area contributed by atoms with Gasteiger partial charge in [0, 0.05) is 36.5 Å². The van der Waals surface area contributed by atoms with Gasteiger partial charge < -0.3 is 14.5 Å². The summed E-state index contributed by atoms with van der Waals surface area (Å²) in [4.78, 5) is 15.6. The van der Waals surface area contributed by atoms with Crippen LogP contribution < -0.4 is 9.80 Å². The zero-order valence-corrected chi connectivity index (χ0v) is 15.0. The summed E-state index contributed by atoms with van der Waals surface area (Å²) < 4.78 is 57.7. The lowest BCUT2D eigenvalue weighted by Crippen LogP contribution is -2.46. The summed E-state index contributed by atoms with van der Waals surface area (Å²) >= 11 is 0. The van der Waals surface area contributed by atoms with Gasteiger partial charge in [0.25, 0.3) is 0 Å². The molecule has 2 aliphatic rings. The quantitative estimate of drug-likeness (QED) is 0.580. The summed E-state index contributed by atoms with van der Waals surface area (Å²) in [7, 11) is 1.19. The Morgan fingerprint density at radius 1 is 1.04 bits per heavy atom. The lowest BCUT2D eigenvalue weighted by atomic mass is 10.1. The summed E-state index contributed by atoms with van der Waals surface area (Å²) in [5, 5.41) is 0. The number of anilines is 2. The summed E-state index contributed by atoms with van der Waals surface area (Å²) in [5.41, 5.74) is 0.418. The molecule has 0 aliphatic carbocycles. The number of carbonyl (C=O) groups excluding carboxylic acids is 1. The molecule has 0 saturated carbocycles. The molecule has 2 aliphatic heterocycles. The number of fused-ring (bicyclic) bond motifs is 2. The molecule has 0 radical (unpaired) electrons.